The Morgan fingerprint density at radius 2 is 2.09 bits per heavy atom. The summed E-state index contributed by atoms with van der Waals surface area (Å²) >= 11 is 1.88. The summed E-state index contributed by atoms with van der Waals surface area (Å²) in [7, 11) is 4.27. The van der Waals surface area contributed by atoms with Crippen LogP contribution < -0.4 is 0 Å². The fourth-order valence-corrected chi connectivity index (χ4v) is 6.16. The first-order chi connectivity index (χ1) is 10.3. The molecule has 4 atom stereocenters. The molecule has 2 saturated carbocycles. The zero-order chi connectivity index (χ0) is 16.2. The van der Waals surface area contributed by atoms with Gasteiger partial charge in [-0.2, -0.15) is 0 Å². The minimum absolute atomic E-state index is 0.113. The van der Waals surface area contributed by atoms with Crippen LogP contribution in [-0.2, 0) is 10.3 Å². The third kappa shape index (κ3) is 1.98. The van der Waals surface area contributed by atoms with E-state index in [1.54, 1.807) is 0 Å². The quantitative estimate of drug-likeness (QED) is 0.699. The Morgan fingerprint density at radius 3 is 2.50 bits per heavy atom. The molecule has 1 aromatic heterocycles. The van der Waals surface area contributed by atoms with Crippen molar-refractivity contribution in [1.82, 2.24) is 4.90 Å². The molecule has 0 radical (unpaired) electrons. The van der Waals surface area contributed by atoms with E-state index in [4.69, 9.17) is 4.74 Å². The number of hydrogen-bond acceptors (Lipinski definition) is 3. The van der Waals surface area contributed by atoms with Crippen molar-refractivity contribution in [2.24, 2.45) is 16.7 Å². The predicted molar refractivity (Wildman–Crippen MR) is 94.1 cm³/mol. The smallest absolute Gasteiger partial charge is 0.111 e. The number of ether oxygens (including phenoxy) is 1. The molecule has 2 bridgehead atoms. The van der Waals surface area contributed by atoms with Crippen LogP contribution in [0.15, 0.2) is 17.5 Å². The van der Waals surface area contributed by atoms with Crippen LogP contribution in [0.2, 0.25) is 0 Å². The van der Waals surface area contributed by atoms with Gasteiger partial charge in [0.2, 0.25) is 0 Å². The van der Waals surface area contributed by atoms with Gasteiger partial charge in [0.15, 0.2) is 0 Å². The maximum Gasteiger partial charge on any atom is 0.111 e. The van der Waals surface area contributed by atoms with Crippen molar-refractivity contribution in [3.8, 4) is 0 Å². The molecule has 0 spiro atoms. The van der Waals surface area contributed by atoms with Crippen LogP contribution >= 0.6 is 11.3 Å². The number of hydrogen-bond donors (Lipinski definition) is 0. The number of nitrogens with zero attached hydrogens (tertiary/aromatic N) is 1. The van der Waals surface area contributed by atoms with Crippen molar-refractivity contribution in [2.75, 3.05) is 14.1 Å². The lowest BCUT2D eigenvalue weighted by Gasteiger charge is -2.50. The lowest BCUT2D eigenvalue weighted by molar-refractivity contribution is -0.208. The summed E-state index contributed by atoms with van der Waals surface area (Å²) in [6, 6.07) is 4.49. The minimum atomic E-state index is -0.113. The molecule has 4 unspecified atom stereocenters. The summed E-state index contributed by atoms with van der Waals surface area (Å²) in [5.74, 6) is 0.777. The maximum atomic E-state index is 6.96. The van der Waals surface area contributed by atoms with E-state index in [-0.39, 0.29) is 17.2 Å². The average Bonchev–Trinajstić information content (AvgIpc) is 3.10. The van der Waals surface area contributed by atoms with E-state index in [1.165, 1.54) is 24.1 Å². The average molecular weight is 322 g/mol. The normalized spacial score (nSPS) is 37.9. The molecule has 1 heterocycles. The Hall–Kier alpha value is -0.380. The van der Waals surface area contributed by atoms with Gasteiger partial charge in [-0.05, 0) is 62.6 Å². The van der Waals surface area contributed by atoms with Crippen molar-refractivity contribution in [2.45, 2.75) is 65.2 Å². The Morgan fingerprint density at radius 1 is 1.36 bits per heavy atom. The highest BCUT2D eigenvalue weighted by molar-refractivity contribution is 7.10. The van der Waals surface area contributed by atoms with E-state index in [1.807, 2.05) is 11.3 Å². The van der Waals surface area contributed by atoms with Crippen LogP contribution in [-0.4, -0.2) is 25.2 Å². The van der Waals surface area contributed by atoms with E-state index in [2.05, 4.69) is 64.2 Å². The fourth-order valence-electron chi connectivity index (χ4n) is 5.15. The molecule has 0 N–H and O–H groups in total. The van der Waals surface area contributed by atoms with E-state index in [0.717, 1.165) is 12.3 Å². The first-order valence-corrected chi connectivity index (χ1v) is 9.54. The monoisotopic (exact) mass is 321 g/mol. The summed E-state index contributed by atoms with van der Waals surface area (Å²) in [6.07, 6.45) is 5.04. The Balaban J connectivity index is 2.07. The molecule has 124 valence electrons. The molecule has 2 aliphatic carbocycles. The summed E-state index contributed by atoms with van der Waals surface area (Å²) < 4.78 is 6.96. The van der Waals surface area contributed by atoms with Gasteiger partial charge >= 0.3 is 0 Å². The molecule has 0 aliphatic heterocycles. The van der Waals surface area contributed by atoms with Crippen LogP contribution in [0.5, 0.6) is 0 Å². The second-order valence-electron chi connectivity index (χ2n) is 8.24. The van der Waals surface area contributed by atoms with Crippen molar-refractivity contribution < 1.29 is 4.74 Å². The zero-order valence-corrected chi connectivity index (χ0v) is 15.8. The molecule has 0 amide bonds. The number of fused-ring (bicyclic) bond motifs is 2. The van der Waals surface area contributed by atoms with Gasteiger partial charge in [-0.25, -0.2) is 0 Å². The van der Waals surface area contributed by atoms with Crippen LogP contribution in [0.25, 0.3) is 0 Å². The van der Waals surface area contributed by atoms with Crippen LogP contribution in [0.1, 0.15) is 58.3 Å². The van der Waals surface area contributed by atoms with Gasteiger partial charge in [-0.3, -0.25) is 4.90 Å². The minimum Gasteiger partial charge on any atom is -0.351 e. The van der Waals surface area contributed by atoms with Gasteiger partial charge in [0.25, 0.3) is 0 Å². The highest BCUT2D eigenvalue weighted by Gasteiger charge is 2.70. The van der Waals surface area contributed by atoms with Gasteiger partial charge in [-0.1, -0.05) is 33.8 Å². The van der Waals surface area contributed by atoms with Gasteiger partial charge in [0.1, 0.15) is 11.8 Å². The zero-order valence-electron chi connectivity index (χ0n) is 15.0. The summed E-state index contributed by atoms with van der Waals surface area (Å²) in [5.41, 5.74) is 0.457. The van der Waals surface area contributed by atoms with Crippen LogP contribution in [0.3, 0.4) is 0 Å². The van der Waals surface area contributed by atoms with E-state index in [9.17, 15) is 0 Å². The van der Waals surface area contributed by atoms with Crippen molar-refractivity contribution >= 4 is 11.3 Å². The van der Waals surface area contributed by atoms with Crippen molar-refractivity contribution in [3.05, 3.63) is 22.4 Å². The van der Waals surface area contributed by atoms with Crippen LogP contribution in [0.4, 0.5) is 0 Å². The van der Waals surface area contributed by atoms with E-state index < -0.39 is 0 Å². The van der Waals surface area contributed by atoms with Crippen molar-refractivity contribution in [3.63, 3.8) is 0 Å². The molecule has 3 rings (SSSR count). The molecular weight excluding hydrogens is 290 g/mol. The summed E-state index contributed by atoms with van der Waals surface area (Å²) in [5, 5.41) is 2.21. The molecule has 2 nitrogen and oxygen atoms in total. The largest absolute Gasteiger partial charge is 0.351 e. The molecule has 1 aromatic rings. The van der Waals surface area contributed by atoms with Gasteiger partial charge in [-0.15, -0.1) is 11.3 Å². The molecule has 2 fully saturated rings. The highest BCUT2D eigenvalue weighted by Crippen LogP contribution is 2.74. The van der Waals surface area contributed by atoms with Crippen molar-refractivity contribution in [1.29, 1.82) is 0 Å². The predicted octanol–water partition coefficient (Wildman–Crippen LogP) is 5.10. The molecule has 22 heavy (non-hydrogen) atoms. The molecule has 0 saturated heterocycles. The second kappa shape index (κ2) is 5.32. The Kier molecular flexibility index (Phi) is 3.99. The van der Waals surface area contributed by atoms with E-state index in [0.29, 0.717) is 5.41 Å². The third-order valence-electron chi connectivity index (χ3n) is 7.04. The Labute approximate surface area is 139 Å². The van der Waals surface area contributed by atoms with Gasteiger partial charge < -0.3 is 4.74 Å². The lowest BCUT2D eigenvalue weighted by Crippen LogP contribution is -2.50. The highest BCUT2D eigenvalue weighted by atomic mass is 32.1. The van der Waals surface area contributed by atoms with E-state index >= 15 is 0 Å². The third-order valence-corrected chi connectivity index (χ3v) is 8.06. The van der Waals surface area contributed by atoms with Gasteiger partial charge in [0.05, 0.1) is 0 Å². The first-order valence-electron chi connectivity index (χ1n) is 8.67. The van der Waals surface area contributed by atoms with Crippen LogP contribution in [0, 0.1) is 16.7 Å². The molecular formula is C19H31NOS. The first kappa shape index (κ1) is 16.5. The number of rotatable bonds is 5. The molecule has 3 heteroatoms. The lowest BCUT2D eigenvalue weighted by atomic mass is 9.64. The summed E-state index contributed by atoms with van der Waals surface area (Å²) in [4.78, 5) is 3.67. The Bertz CT molecular complexity index is 524. The second-order valence-corrected chi connectivity index (χ2v) is 9.19. The summed E-state index contributed by atoms with van der Waals surface area (Å²) in [6.45, 7) is 9.66. The fraction of sp³-hybridized carbons (Fsp3) is 0.789. The topological polar surface area (TPSA) is 12.5 Å². The standard InChI is InChI=1S/C19H31NOS/c1-7-16(20(5)6)21-19(15-9-8-12-22-15)13-14-10-11-18(19,4)17(14,2)3/h8-9,12,14,16H,7,10-11,13H2,1-6H3. The molecule has 2 aliphatic rings. The molecule has 0 aromatic carbocycles. The number of thiophene rings is 1. The maximum absolute atomic E-state index is 6.96. The van der Waals surface area contributed by atoms with Gasteiger partial charge in [0, 0.05) is 10.3 Å². The SMILES string of the molecule is CCC(OC1(c2cccs2)CC2CCC1(C)C2(C)C)N(C)C.